The van der Waals surface area contributed by atoms with E-state index in [2.05, 4.69) is 0 Å². The fraction of sp³-hybridized carbons (Fsp3) is 0.600. The first-order valence-electron chi connectivity index (χ1n) is 7.22. The van der Waals surface area contributed by atoms with Crippen molar-refractivity contribution in [2.45, 2.75) is 44.1 Å². The summed E-state index contributed by atoms with van der Waals surface area (Å²) in [6, 6.07) is 3.92. The highest BCUT2D eigenvalue weighted by Gasteiger charge is 2.50. The topological polar surface area (TPSA) is 46.6 Å². The number of amides is 1. The molecule has 1 aliphatic carbocycles. The molecule has 1 saturated heterocycles. The summed E-state index contributed by atoms with van der Waals surface area (Å²) in [5.74, 6) is -0.131. The van der Waals surface area contributed by atoms with Gasteiger partial charge in [-0.3, -0.25) is 4.79 Å². The van der Waals surface area contributed by atoms with E-state index in [0.717, 1.165) is 37.0 Å². The van der Waals surface area contributed by atoms with Crippen molar-refractivity contribution in [2.24, 2.45) is 0 Å². The Morgan fingerprint density at radius 1 is 1.35 bits per heavy atom. The first-order valence-corrected chi connectivity index (χ1v) is 8.10. The maximum Gasteiger partial charge on any atom is 0.332 e. The van der Waals surface area contributed by atoms with E-state index in [-0.39, 0.29) is 11.9 Å². The highest BCUT2D eigenvalue weighted by Crippen LogP contribution is 2.37. The molecule has 0 atom stereocenters. The number of carbonyl (C=O) groups is 2. The van der Waals surface area contributed by atoms with Crippen LogP contribution in [0, 0.1) is 0 Å². The zero-order valence-electron chi connectivity index (χ0n) is 11.5. The van der Waals surface area contributed by atoms with Gasteiger partial charge < -0.3 is 9.64 Å². The summed E-state index contributed by atoms with van der Waals surface area (Å²) in [5, 5.41) is 1.98. The molecule has 108 valence electrons. The van der Waals surface area contributed by atoms with Gasteiger partial charge in [-0.2, -0.15) is 0 Å². The normalized spacial score (nSPS) is 21.8. The van der Waals surface area contributed by atoms with Crippen molar-refractivity contribution < 1.29 is 14.3 Å². The molecule has 0 radical (unpaired) electrons. The van der Waals surface area contributed by atoms with Crippen LogP contribution in [-0.4, -0.2) is 35.5 Å². The van der Waals surface area contributed by atoms with E-state index in [9.17, 15) is 9.59 Å². The first kappa shape index (κ1) is 13.6. The van der Waals surface area contributed by atoms with Gasteiger partial charge in [-0.05, 0) is 24.3 Å². The van der Waals surface area contributed by atoms with Crippen molar-refractivity contribution in [2.75, 3.05) is 13.2 Å². The Balaban J connectivity index is 1.81. The summed E-state index contributed by atoms with van der Waals surface area (Å²) in [7, 11) is 0. The van der Waals surface area contributed by atoms with Crippen molar-refractivity contribution in [3.05, 3.63) is 22.4 Å². The quantitative estimate of drug-likeness (QED) is 0.787. The Bertz CT molecular complexity index is 491. The average Bonchev–Trinajstić information content (AvgIpc) is 2.96. The molecule has 0 unspecified atom stereocenters. The summed E-state index contributed by atoms with van der Waals surface area (Å²) in [6.45, 7) is 0.868. The molecule has 3 rings (SSSR count). The van der Waals surface area contributed by atoms with Crippen LogP contribution in [0.15, 0.2) is 17.5 Å². The molecule has 2 aliphatic rings. The van der Waals surface area contributed by atoms with E-state index in [0.29, 0.717) is 19.6 Å². The maximum absolute atomic E-state index is 12.6. The van der Waals surface area contributed by atoms with Crippen LogP contribution in [0.4, 0.5) is 0 Å². The number of ether oxygens (including phenoxy) is 1. The Labute approximate surface area is 122 Å². The molecule has 4 nitrogen and oxygen atoms in total. The predicted molar refractivity (Wildman–Crippen MR) is 76.5 cm³/mol. The Kier molecular flexibility index (Phi) is 3.78. The van der Waals surface area contributed by atoms with Gasteiger partial charge in [0.1, 0.15) is 12.1 Å². The van der Waals surface area contributed by atoms with E-state index < -0.39 is 5.54 Å². The van der Waals surface area contributed by atoms with Crippen LogP contribution in [0.3, 0.4) is 0 Å². The van der Waals surface area contributed by atoms with Gasteiger partial charge in [0, 0.05) is 4.88 Å². The maximum atomic E-state index is 12.6. The van der Waals surface area contributed by atoms with Gasteiger partial charge in [0.15, 0.2) is 0 Å². The lowest BCUT2D eigenvalue weighted by Gasteiger charge is -2.47. The van der Waals surface area contributed by atoms with Gasteiger partial charge in [0.05, 0.1) is 13.0 Å². The van der Waals surface area contributed by atoms with E-state index in [4.69, 9.17) is 4.74 Å². The van der Waals surface area contributed by atoms with Crippen molar-refractivity contribution in [3.8, 4) is 0 Å². The number of hydrogen-bond donors (Lipinski definition) is 0. The molecule has 0 aromatic carbocycles. The van der Waals surface area contributed by atoms with Crippen LogP contribution in [0.2, 0.25) is 0 Å². The molecule has 1 amide bonds. The van der Waals surface area contributed by atoms with Crippen molar-refractivity contribution in [1.82, 2.24) is 4.90 Å². The second kappa shape index (κ2) is 5.56. The van der Waals surface area contributed by atoms with Crippen LogP contribution in [-0.2, 0) is 20.7 Å². The molecule has 0 N–H and O–H groups in total. The zero-order chi connectivity index (χ0) is 14.0. The van der Waals surface area contributed by atoms with Gasteiger partial charge >= 0.3 is 5.97 Å². The van der Waals surface area contributed by atoms with Crippen LogP contribution in [0.5, 0.6) is 0 Å². The molecule has 1 spiro atoms. The highest BCUT2D eigenvalue weighted by atomic mass is 32.1. The number of nitrogens with zero attached hydrogens (tertiary/aromatic N) is 1. The fourth-order valence-corrected chi connectivity index (χ4v) is 4.02. The van der Waals surface area contributed by atoms with E-state index >= 15 is 0 Å². The molecule has 2 fully saturated rings. The van der Waals surface area contributed by atoms with E-state index in [1.54, 1.807) is 16.2 Å². The number of morpholine rings is 1. The van der Waals surface area contributed by atoms with E-state index in [1.807, 2.05) is 17.5 Å². The summed E-state index contributed by atoms with van der Waals surface area (Å²) in [5.41, 5.74) is -0.676. The molecule has 1 aromatic rings. The number of cyclic esters (lactones) is 1. The Morgan fingerprint density at radius 3 is 2.85 bits per heavy atom. The minimum Gasteiger partial charge on any atom is -0.462 e. The summed E-state index contributed by atoms with van der Waals surface area (Å²) in [4.78, 5) is 27.7. The van der Waals surface area contributed by atoms with E-state index in [1.165, 1.54) is 0 Å². The zero-order valence-corrected chi connectivity index (χ0v) is 12.3. The number of hydrogen-bond acceptors (Lipinski definition) is 4. The highest BCUT2D eigenvalue weighted by molar-refractivity contribution is 7.10. The molecule has 1 aromatic heterocycles. The SMILES string of the molecule is O=C(Cc1cccs1)N1CCOC(=O)C12CCCCC2. The van der Waals surface area contributed by atoms with Gasteiger partial charge in [0.25, 0.3) is 0 Å². The second-order valence-corrected chi connectivity index (χ2v) is 6.56. The summed E-state index contributed by atoms with van der Waals surface area (Å²) < 4.78 is 5.26. The lowest BCUT2D eigenvalue weighted by Crippen LogP contribution is -2.63. The lowest BCUT2D eigenvalue weighted by atomic mass is 9.79. The van der Waals surface area contributed by atoms with Gasteiger partial charge in [0.2, 0.25) is 5.91 Å². The van der Waals surface area contributed by atoms with Gasteiger partial charge in [-0.1, -0.05) is 25.3 Å². The molecule has 1 saturated carbocycles. The minimum atomic E-state index is -0.676. The average molecular weight is 293 g/mol. The largest absolute Gasteiger partial charge is 0.462 e. The third-order valence-electron chi connectivity index (χ3n) is 4.33. The van der Waals surface area contributed by atoms with Crippen molar-refractivity contribution >= 4 is 23.2 Å². The Morgan fingerprint density at radius 2 is 2.15 bits per heavy atom. The first-order chi connectivity index (χ1) is 9.72. The number of thiophene rings is 1. The molecular formula is C15H19NO3S. The van der Waals surface area contributed by atoms with Crippen molar-refractivity contribution in [1.29, 1.82) is 0 Å². The lowest BCUT2D eigenvalue weighted by molar-refractivity contribution is -0.177. The summed E-state index contributed by atoms with van der Waals surface area (Å²) in [6.07, 6.45) is 5.04. The standard InChI is InChI=1S/C15H19NO3S/c17-13(11-12-5-4-10-20-12)16-8-9-19-14(18)15(16)6-2-1-3-7-15/h4-5,10H,1-3,6-9,11H2. The molecule has 1 aliphatic heterocycles. The van der Waals surface area contributed by atoms with Gasteiger partial charge in [-0.15, -0.1) is 11.3 Å². The van der Waals surface area contributed by atoms with Gasteiger partial charge in [-0.25, -0.2) is 4.79 Å². The fourth-order valence-electron chi connectivity index (χ4n) is 3.32. The molecular weight excluding hydrogens is 274 g/mol. The van der Waals surface area contributed by atoms with Crippen LogP contribution in [0.25, 0.3) is 0 Å². The smallest absolute Gasteiger partial charge is 0.332 e. The van der Waals surface area contributed by atoms with Crippen LogP contribution < -0.4 is 0 Å². The number of rotatable bonds is 2. The molecule has 2 heterocycles. The van der Waals surface area contributed by atoms with Crippen LogP contribution >= 0.6 is 11.3 Å². The Hall–Kier alpha value is -1.36. The summed E-state index contributed by atoms with van der Waals surface area (Å²) >= 11 is 1.59. The second-order valence-electron chi connectivity index (χ2n) is 5.53. The number of esters is 1. The monoisotopic (exact) mass is 293 g/mol. The molecule has 0 bridgehead atoms. The predicted octanol–water partition coefficient (Wildman–Crippen LogP) is 2.38. The van der Waals surface area contributed by atoms with Crippen molar-refractivity contribution in [3.63, 3.8) is 0 Å². The third-order valence-corrected chi connectivity index (χ3v) is 5.21. The minimum absolute atomic E-state index is 0.0611. The third kappa shape index (κ3) is 2.35. The molecule has 20 heavy (non-hydrogen) atoms. The number of carbonyl (C=O) groups excluding carboxylic acids is 2. The molecule has 5 heteroatoms. The van der Waals surface area contributed by atoms with Crippen LogP contribution in [0.1, 0.15) is 37.0 Å².